The van der Waals surface area contributed by atoms with Gasteiger partial charge in [0.1, 0.15) is 11.1 Å². The van der Waals surface area contributed by atoms with Crippen molar-refractivity contribution in [2.45, 2.75) is 5.25 Å². The Bertz CT molecular complexity index is 1710. The van der Waals surface area contributed by atoms with E-state index >= 15 is 0 Å². The molecule has 0 aliphatic carbocycles. The van der Waals surface area contributed by atoms with Crippen LogP contribution in [0, 0.1) is 11.3 Å². The Balaban J connectivity index is 1.24. The minimum Gasteiger partial charge on any atom is -0.419 e. The molecule has 0 aliphatic heterocycles. The van der Waals surface area contributed by atoms with E-state index in [9.17, 15) is 0 Å². The topological polar surface area (TPSA) is 91.4 Å². The SMILES string of the molecule is N#Cc1cccc(-c2ccc(C(S)c3nnc(-c4ccc5nc(-c6ccccc6)[nH]c5c4)o3)cc2)c1. The summed E-state index contributed by atoms with van der Waals surface area (Å²) in [5.74, 6) is 1.65. The molecule has 0 fully saturated rings. The summed E-state index contributed by atoms with van der Waals surface area (Å²) in [5, 5.41) is 17.3. The highest BCUT2D eigenvalue weighted by Gasteiger charge is 2.18. The second-order valence-corrected chi connectivity index (χ2v) is 8.86. The second-order valence-electron chi connectivity index (χ2n) is 8.35. The van der Waals surface area contributed by atoms with Gasteiger partial charge >= 0.3 is 0 Å². The van der Waals surface area contributed by atoms with Crippen LogP contribution in [0.2, 0.25) is 0 Å². The van der Waals surface area contributed by atoms with Crippen LogP contribution in [0.15, 0.2) is 101 Å². The Morgan fingerprint density at radius 2 is 1.56 bits per heavy atom. The minimum atomic E-state index is -0.369. The largest absolute Gasteiger partial charge is 0.419 e. The third-order valence-electron chi connectivity index (χ3n) is 6.00. The number of nitriles is 1. The molecule has 36 heavy (non-hydrogen) atoms. The lowest BCUT2D eigenvalue weighted by molar-refractivity contribution is 0.515. The Labute approximate surface area is 212 Å². The molecule has 4 aromatic carbocycles. The molecule has 1 unspecified atom stereocenters. The third kappa shape index (κ3) is 4.15. The summed E-state index contributed by atoms with van der Waals surface area (Å²) >= 11 is 4.74. The molecule has 0 aliphatic rings. The van der Waals surface area contributed by atoms with Crippen LogP contribution in [0.5, 0.6) is 0 Å². The van der Waals surface area contributed by atoms with E-state index in [1.54, 1.807) is 6.07 Å². The molecule has 0 saturated carbocycles. The van der Waals surface area contributed by atoms with Gasteiger partial charge in [0.05, 0.1) is 22.7 Å². The predicted octanol–water partition coefficient (Wildman–Crippen LogP) is 6.84. The summed E-state index contributed by atoms with van der Waals surface area (Å²) in [6, 6.07) is 33.5. The van der Waals surface area contributed by atoms with E-state index in [1.807, 2.05) is 91.0 Å². The smallest absolute Gasteiger partial charge is 0.247 e. The molecule has 0 bridgehead atoms. The zero-order valence-electron chi connectivity index (χ0n) is 19.0. The molecular formula is C29H19N5OS. The standard InChI is InChI=1S/C29H19N5OS/c30-17-18-5-4-8-22(15-18)19-9-11-20(12-10-19)26(36)29-34-33-28(35-29)23-13-14-24-25(16-23)32-27(31-24)21-6-2-1-3-7-21/h1-16,26,36H,(H,31,32). The zero-order valence-corrected chi connectivity index (χ0v) is 19.9. The van der Waals surface area contributed by atoms with Crippen molar-refractivity contribution in [2.75, 3.05) is 0 Å². The number of rotatable bonds is 5. The van der Waals surface area contributed by atoms with Gasteiger partial charge in [0.2, 0.25) is 11.8 Å². The molecule has 0 radical (unpaired) electrons. The van der Waals surface area contributed by atoms with Crippen molar-refractivity contribution >= 4 is 23.7 Å². The average Bonchev–Trinajstić information content (AvgIpc) is 3.61. The number of imidazole rings is 1. The number of aromatic amines is 1. The van der Waals surface area contributed by atoms with Gasteiger partial charge in [-0.2, -0.15) is 17.9 Å². The molecule has 6 rings (SSSR count). The lowest BCUT2D eigenvalue weighted by Crippen LogP contribution is -1.94. The van der Waals surface area contributed by atoms with Crippen LogP contribution in [0.25, 0.3) is 45.0 Å². The number of aromatic nitrogens is 4. The lowest BCUT2D eigenvalue weighted by atomic mass is 10.0. The number of nitrogens with zero attached hydrogens (tertiary/aromatic N) is 4. The molecule has 6 nitrogen and oxygen atoms in total. The van der Waals surface area contributed by atoms with Crippen molar-refractivity contribution in [3.8, 4) is 40.0 Å². The number of hydrogen-bond donors (Lipinski definition) is 2. The van der Waals surface area contributed by atoms with Crippen LogP contribution in [-0.2, 0) is 0 Å². The minimum absolute atomic E-state index is 0.369. The van der Waals surface area contributed by atoms with E-state index in [4.69, 9.17) is 22.3 Å². The number of fused-ring (bicyclic) bond motifs is 1. The predicted molar refractivity (Wildman–Crippen MR) is 142 cm³/mol. The number of H-pyrrole nitrogens is 1. The Morgan fingerprint density at radius 3 is 2.36 bits per heavy atom. The number of hydrogen-bond acceptors (Lipinski definition) is 6. The summed E-state index contributed by atoms with van der Waals surface area (Å²) in [6.07, 6.45) is 0. The molecule has 0 amide bonds. The summed E-state index contributed by atoms with van der Waals surface area (Å²) in [4.78, 5) is 8.05. The fourth-order valence-corrected chi connectivity index (χ4v) is 4.38. The van der Waals surface area contributed by atoms with E-state index in [0.717, 1.165) is 44.7 Å². The van der Waals surface area contributed by atoms with Gasteiger partial charge in [-0.25, -0.2) is 4.98 Å². The van der Waals surface area contributed by atoms with Crippen LogP contribution in [0.1, 0.15) is 22.3 Å². The first-order valence-electron chi connectivity index (χ1n) is 11.4. The van der Waals surface area contributed by atoms with Crippen molar-refractivity contribution in [2.24, 2.45) is 0 Å². The van der Waals surface area contributed by atoms with Crippen molar-refractivity contribution in [3.05, 3.63) is 114 Å². The van der Waals surface area contributed by atoms with Gasteiger partial charge in [-0.3, -0.25) is 0 Å². The number of benzene rings is 4. The van der Waals surface area contributed by atoms with E-state index in [-0.39, 0.29) is 5.25 Å². The van der Waals surface area contributed by atoms with E-state index in [1.165, 1.54) is 0 Å². The first kappa shape index (κ1) is 21.8. The second kappa shape index (κ2) is 9.17. The van der Waals surface area contributed by atoms with Crippen LogP contribution < -0.4 is 0 Å². The van der Waals surface area contributed by atoms with Gasteiger partial charge in [-0.15, -0.1) is 10.2 Å². The zero-order chi connectivity index (χ0) is 24.5. The van der Waals surface area contributed by atoms with Crippen molar-refractivity contribution in [3.63, 3.8) is 0 Å². The molecule has 1 atom stereocenters. The number of thiol groups is 1. The first-order chi connectivity index (χ1) is 17.7. The average molecular weight is 486 g/mol. The van der Waals surface area contributed by atoms with Gasteiger partial charge in [-0.1, -0.05) is 66.7 Å². The van der Waals surface area contributed by atoms with Crippen molar-refractivity contribution in [1.29, 1.82) is 5.26 Å². The summed E-state index contributed by atoms with van der Waals surface area (Å²) in [7, 11) is 0. The normalized spacial score (nSPS) is 11.9. The van der Waals surface area contributed by atoms with Gasteiger partial charge in [0, 0.05) is 11.1 Å². The van der Waals surface area contributed by atoms with E-state index < -0.39 is 0 Å². The monoisotopic (exact) mass is 485 g/mol. The van der Waals surface area contributed by atoms with Crippen LogP contribution in [-0.4, -0.2) is 20.2 Å². The van der Waals surface area contributed by atoms with Gasteiger partial charge < -0.3 is 9.40 Å². The Kier molecular flexibility index (Phi) is 5.56. The van der Waals surface area contributed by atoms with Gasteiger partial charge in [-0.05, 0) is 47.0 Å². The highest BCUT2D eigenvalue weighted by atomic mass is 32.1. The maximum Gasteiger partial charge on any atom is 0.247 e. The summed E-state index contributed by atoms with van der Waals surface area (Å²) < 4.78 is 6.00. The van der Waals surface area contributed by atoms with Crippen molar-refractivity contribution in [1.82, 2.24) is 20.2 Å². The molecular weight excluding hydrogens is 466 g/mol. The van der Waals surface area contributed by atoms with Crippen LogP contribution >= 0.6 is 12.6 Å². The van der Waals surface area contributed by atoms with Crippen LogP contribution in [0.4, 0.5) is 0 Å². The first-order valence-corrected chi connectivity index (χ1v) is 11.9. The van der Waals surface area contributed by atoms with Crippen molar-refractivity contribution < 1.29 is 4.42 Å². The molecule has 1 N–H and O–H groups in total. The summed E-state index contributed by atoms with van der Waals surface area (Å²) in [5.41, 5.74) is 7.16. The van der Waals surface area contributed by atoms with Gasteiger partial charge in [0.25, 0.3) is 0 Å². The Morgan fingerprint density at radius 1 is 0.778 bits per heavy atom. The summed E-state index contributed by atoms with van der Waals surface area (Å²) in [6.45, 7) is 0. The highest BCUT2D eigenvalue weighted by Crippen LogP contribution is 2.32. The lowest BCUT2D eigenvalue weighted by Gasteiger charge is -2.08. The molecule has 2 aromatic heterocycles. The molecule has 6 aromatic rings. The van der Waals surface area contributed by atoms with Crippen LogP contribution in [0.3, 0.4) is 0 Å². The quantitative estimate of drug-likeness (QED) is 0.261. The maximum absolute atomic E-state index is 9.15. The number of nitrogens with one attached hydrogen (secondary N) is 1. The fourth-order valence-electron chi connectivity index (χ4n) is 4.11. The fraction of sp³-hybridized carbons (Fsp3) is 0.0345. The molecule has 172 valence electrons. The van der Waals surface area contributed by atoms with E-state index in [0.29, 0.717) is 17.3 Å². The highest BCUT2D eigenvalue weighted by molar-refractivity contribution is 7.80. The van der Waals surface area contributed by atoms with Gasteiger partial charge in [0.15, 0.2) is 0 Å². The maximum atomic E-state index is 9.15. The molecule has 0 spiro atoms. The van der Waals surface area contributed by atoms with E-state index in [2.05, 4.69) is 26.2 Å². The molecule has 7 heteroatoms. The third-order valence-corrected chi connectivity index (χ3v) is 6.52. The molecule has 2 heterocycles. The Hall–Kier alpha value is -4.67. The molecule has 0 saturated heterocycles.